The first-order valence-corrected chi connectivity index (χ1v) is 13.2. The zero-order chi connectivity index (χ0) is 25.0. The lowest BCUT2D eigenvalue weighted by atomic mass is 10.00. The van der Waals surface area contributed by atoms with E-state index in [9.17, 15) is 0 Å². The van der Waals surface area contributed by atoms with Gasteiger partial charge >= 0.3 is 0 Å². The van der Waals surface area contributed by atoms with Crippen molar-refractivity contribution in [2.75, 3.05) is 0 Å². The predicted molar refractivity (Wildman–Crippen MR) is 156 cm³/mol. The molecule has 0 heterocycles. The zero-order valence-electron chi connectivity index (χ0n) is 21.5. The van der Waals surface area contributed by atoms with Crippen molar-refractivity contribution in [1.29, 1.82) is 0 Å². The second-order valence-electron chi connectivity index (χ2n) is 9.19. The summed E-state index contributed by atoms with van der Waals surface area (Å²) >= 11 is 0. The summed E-state index contributed by atoms with van der Waals surface area (Å²) in [6.07, 6.45) is 6.33. The Morgan fingerprint density at radius 3 is 1.11 bits per heavy atom. The van der Waals surface area contributed by atoms with E-state index in [0.29, 0.717) is 0 Å². The highest BCUT2D eigenvalue weighted by Gasteiger charge is 2.08. The summed E-state index contributed by atoms with van der Waals surface area (Å²) in [5.74, 6) is 0. The molecule has 182 valence electrons. The summed E-state index contributed by atoms with van der Waals surface area (Å²) in [5.41, 5.74) is 9.34. The molecule has 0 aliphatic rings. The van der Waals surface area contributed by atoms with Crippen LogP contribution in [-0.4, -0.2) is 11.4 Å². The molecule has 0 amide bonds. The summed E-state index contributed by atoms with van der Waals surface area (Å²) in [6.45, 7) is 4.45. The lowest BCUT2D eigenvalue weighted by Gasteiger charge is -2.09. The van der Waals surface area contributed by atoms with Gasteiger partial charge in [-0.1, -0.05) is 136 Å². The molecule has 2 heteroatoms. The topological polar surface area (TPSA) is 24.7 Å². The first-order valence-electron chi connectivity index (χ1n) is 13.2. The molecule has 0 unspecified atom stereocenters. The number of nitrogens with zero attached hydrogens (tertiary/aromatic N) is 2. The van der Waals surface area contributed by atoms with E-state index in [-0.39, 0.29) is 0 Å². The van der Waals surface area contributed by atoms with E-state index in [4.69, 9.17) is 10.2 Å². The van der Waals surface area contributed by atoms with Crippen LogP contribution in [0, 0.1) is 0 Å². The maximum Gasteiger partial charge on any atom is 0.0702 e. The fraction of sp³-hybridized carbons (Fsp3) is 0.235. The number of hydrogen-bond donors (Lipinski definition) is 0. The third-order valence-electron chi connectivity index (χ3n) is 6.48. The number of benzene rings is 4. The molecule has 0 aliphatic carbocycles. The van der Waals surface area contributed by atoms with E-state index < -0.39 is 0 Å². The number of unbranched alkanes of at least 4 members (excludes halogenated alkanes) is 2. The Morgan fingerprint density at radius 1 is 0.444 bits per heavy atom. The Labute approximate surface area is 216 Å². The van der Waals surface area contributed by atoms with Crippen molar-refractivity contribution in [2.24, 2.45) is 10.2 Å². The Morgan fingerprint density at radius 2 is 0.778 bits per heavy atom. The third kappa shape index (κ3) is 6.88. The van der Waals surface area contributed by atoms with Crippen molar-refractivity contribution in [3.05, 3.63) is 120 Å². The fourth-order valence-corrected chi connectivity index (χ4v) is 4.28. The SMILES string of the molecule is CCCCC(=NN=C(CCCC)c1ccc(-c2ccccc2)cc1)c1ccc(-c2ccccc2)cc1. The van der Waals surface area contributed by atoms with Crippen LogP contribution in [0.3, 0.4) is 0 Å². The first-order chi connectivity index (χ1) is 17.8. The second-order valence-corrected chi connectivity index (χ2v) is 9.19. The number of rotatable bonds is 11. The van der Waals surface area contributed by atoms with Gasteiger partial charge in [-0.25, -0.2) is 0 Å². The molecule has 0 atom stereocenters. The predicted octanol–water partition coefficient (Wildman–Crippen LogP) is 9.59. The van der Waals surface area contributed by atoms with Crippen molar-refractivity contribution in [2.45, 2.75) is 52.4 Å². The Bertz CT molecular complexity index is 1150. The van der Waals surface area contributed by atoms with Crippen molar-refractivity contribution < 1.29 is 0 Å². The highest BCUT2D eigenvalue weighted by Crippen LogP contribution is 2.22. The van der Waals surface area contributed by atoms with Crippen LogP contribution in [0.2, 0.25) is 0 Å². The van der Waals surface area contributed by atoms with Crippen LogP contribution in [-0.2, 0) is 0 Å². The van der Waals surface area contributed by atoms with Crippen molar-refractivity contribution >= 4 is 11.4 Å². The fourth-order valence-electron chi connectivity index (χ4n) is 4.28. The molecule has 4 aromatic rings. The van der Waals surface area contributed by atoms with E-state index in [1.165, 1.54) is 22.3 Å². The Hall–Kier alpha value is -3.78. The van der Waals surface area contributed by atoms with Crippen molar-refractivity contribution in [3.8, 4) is 22.3 Å². The third-order valence-corrected chi connectivity index (χ3v) is 6.48. The first kappa shape index (κ1) is 25.3. The molecule has 4 rings (SSSR count). The summed E-state index contributed by atoms with van der Waals surface area (Å²) in [4.78, 5) is 0. The molecule has 0 spiro atoms. The number of hydrogen-bond acceptors (Lipinski definition) is 2. The van der Waals surface area contributed by atoms with Gasteiger partial charge in [0.1, 0.15) is 0 Å². The van der Waals surface area contributed by atoms with Gasteiger partial charge in [-0.2, -0.15) is 10.2 Å². The molecule has 0 aromatic heterocycles. The van der Waals surface area contributed by atoms with Gasteiger partial charge in [-0.3, -0.25) is 0 Å². The molecule has 0 N–H and O–H groups in total. The summed E-state index contributed by atoms with van der Waals surface area (Å²) in [7, 11) is 0. The standard InChI is InChI=1S/C34H36N2/c1-3-5-17-33(31-23-19-29(20-24-31)27-13-9-7-10-14-27)35-36-34(18-6-4-2)32-25-21-30(22-26-32)28-15-11-8-12-16-28/h7-16,19-26H,3-6,17-18H2,1-2H3. The highest BCUT2D eigenvalue weighted by molar-refractivity contribution is 6.04. The van der Waals surface area contributed by atoms with Gasteiger partial charge in [0.05, 0.1) is 11.4 Å². The summed E-state index contributed by atoms with van der Waals surface area (Å²) < 4.78 is 0. The molecular formula is C34H36N2. The van der Waals surface area contributed by atoms with Crippen LogP contribution in [0.25, 0.3) is 22.3 Å². The second kappa shape index (κ2) is 13.3. The average molecular weight is 473 g/mol. The van der Waals surface area contributed by atoms with Crippen LogP contribution in [0.1, 0.15) is 63.5 Å². The van der Waals surface area contributed by atoms with Crippen LogP contribution >= 0.6 is 0 Å². The summed E-state index contributed by atoms with van der Waals surface area (Å²) in [6, 6.07) is 38.5. The normalized spacial score (nSPS) is 12.1. The summed E-state index contributed by atoms with van der Waals surface area (Å²) in [5, 5.41) is 9.70. The zero-order valence-corrected chi connectivity index (χ0v) is 21.5. The minimum absolute atomic E-state index is 0.929. The van der Waals surface area contributed by atoms with Gasteiger partial charge in [0.2, 0.25) is 0 Å². The Balaban J connectivity index is 1.62. The van der Waals surface area contributed by atoms with E-state index in [1.807, 2.05) is 0 Å². The van der Waals surface area contributed by atoms with Crippen molar-refractivity contribution in [1.82, 2.24) is 0 Å². The minimum Gasteiger partial charge on any atom is -0.155 e. The molecule has 0 saturated carbocycles. The molecule has 0 aliphatic heterocycles. The molecule has 0 fully saturated rings. The molecule has 36 heavy (non-hydrogen) atoms. The minimum atomic E-state index is 0.929. The van der Waals surface area contributed by atoms with E-state index in [2.05, 4.69) is 123 Å². The molecule has 4 aromatic carbocycles. The lowest BCUT2D eigenvalue weighted by Crippen LogP contribution is -2.04. The van der Waals surface area contributed by atoms with E-state index in [1.54, 1.807) is 0 Å². The van der Waals surface area contributed by atoms with E-state index in [0.717, 1.165) is 61.1 Å². The molecule has 0 bridgehead atoms. The van der Waals surface area contributed by atoms with Gasteiger partial charge < -0.3 is 0 Å². The van der Waals surface area contributed by atoms with E-state index >= 15 is 0 Å². The largest absolute Gasteiger partial charge is 0.155 e. The maximum atomic E-state index is 4.85. The van der Waals surface area contributed by atoms with Crippen LogP contribution < -0.4 is 0 Å². The van der Waals surface area contributed by atoms with Gasteiger partial charge in [0.25, 0.3) is 0 Å². The van der Waals surface area contributed by atoms with Gasteiger partial charge in [-0.15, -0.1) is 0 Å². The maximum absolute atomic E-state index is 4.85. The average Bonchev–Trinajstić information content (AvgIpc) is 2.96. The smallest absolute Gasteiger partial charge is 0.0702 e. The quantitative estimate of drug-likeness (QED) is 0.153. The monoisotopic (exact) mass is 472 g/mol. The van der Waals surface area contributed by atoms with Crippen LogP contribution in [0.5, 0.6) is 0 Å². The molecule has 0 radical (unpaired) electrons. The lowest BCUT2D eigenvalue weighted by molar-refractivity contribution is 0.826. The molecule has 2 nitrogen and oxygen atoms in total. The van der Waals surface area contributed by atoms with Gasteiger partial charge in [-0.05, 0) is 59.1 Å². The molecule has 0 saturated heterocycles. The van der Waals surface area contributed by atoms with Crippen LogP contribution in [0.15, 0.2) is 119 Å². The highest BCUT2D eigenvalue weighted by atomic mass is 15.2. The molecular weight excluding hydrogens is 436 g/mol. The van der Waals surface area contributed by atoms with Crippen molar-refractivity contribution in [3.63, 3.8) is 0 Å². The Kier molecular flexibility index (Phi) is 9.39. The van der Waals surface area contributed by atoms with Gasteiger partial charge in [0.15, 0.2) is 0 Å². The van der Waals surface area contributed by atoms with Gasteiger partial charge in [0, 0.05) is 0 Å². The van der Waals surface area contributed by atoms with Crippen LogP contribution in [0.4, 0.5) is 0 Å².